The molecule has 1 aromatic carbocycles. The van der Waals surface area contributed by atoms with E-state index in [9.17, 15) is 5.11 Å². The molecule has 0 bridgehead atoms. The summed E-state index contributed by atoms with van der Waals surface area (Å²) in [5.74, 6) is 1.17. The molecule has 1 heterocycles. The maximum Gasteiger partial charge on any atom is 0.138 e. The van der Waals surface area contributed by atoms with Crippen LogP contribution in [0.4, 0.5) is 5.69 Å². The van der Waals surface area contributed by atoms with Crippen LogP contribution in [0, 0.1) is 11.3 Å². The highest BCUT2D eigenvalue weighted by Crippen LogP contribution is 2.30. The number of halogens is 1. The number of aliphatic hydroxyl groups is 1. The smallest absolute Gasteiger partial charge is 0.138 e. The summed E-state index contributed by atoms with van der Waals surface area (Å²) in [5.41, 5.74) is 0.769. The molecule has 5 heteroatoms. The number of rotatable bonds is 7. The average molecular weight is 300 g/mol. The minimum atomic E-state index is -0.153. The molecule has 1 saturated heterocycles. The molecule has 2 N–H and O–H groups in total. The maximum atomic E-state index is 9.37. The Morgan fingerprint density at radius 3 is 2.70 bits per heavy atom. The van der Waals surface area contributed by atoms with Gasteiger partial charge < -0.3 is 19.9 Å². The zero-order chi connectivity index (χ0) is 14.6. The Labute approximate surface area is 125 Å². The van der Waals surface area contributed by atoms with Crippen LogP contribution in [0.5, 0.6) is 5.75 Å². The normalized spacial score (nSPS) is 16.9. The fourth-order valence-electron chi connectivity index (χ4n) is 1.91. The first-order chi connectivity index (χ1) is 9.54. The largest absolute Gasteiger partial charge is 0.492 e. The molecule has 112 valence electrons. The van der Waals surface area contributed by atoms with Gasteiger partial charge >= 0.3 is 0 Å². The van der Waals surface area contributed by atoms with Gasteiger partial charge in [-0.15, -0.1) is 0 Å². The Kier molecular flexibility index (Phi) is 5.13. The summed E-state index contributed by atoms with van der Waals surface area (Å²) >= 11 is 6.21. The first kappa shape index (κ1) is 15.4. The van der Waals surface area contributed by atoms with Gasteiger partial charge in [0.15, 0.2) is 0 Å². The van der Waals surface area contributed by atoms with E-state index in [1.807, 2.05) is 18.2 Å². The highest BCUT2D eigenvalue weighted by atomic mass is 35.5. The molecule has 0 aromatic heterocycles. The molecule has 0 unspecified atom stereocenters. The minimum absolute atomic E-state index is 0.128. The Hall–Kier alpha value is -0.970. The van der Waals surface area contributed by atoms with Crippen molar-refractivity contribution >= 4 is 17.3 Å². The van der Waals surface area contributed by atoms with Gasteiger partial charge in [-0.25, -0.2) is 0 Å². The van der Waals surface area contributed by atoms with Crippen LogP contribution in [0.2, 0.25) is 5.02 Å². The predicted molar refractivity (Wildman–Crippen MR) is 80.6 cm³/mol. The van der Waals surface area contributed by atoms with Gasteiger partial charge in [-0.05, 0) is 24.1 Å². The van der Waals surface area contributed by atoms with E-state index in [0.717, 1.165) is 5.69 Å². The van der Waals surface area contributed by atoms with Gasteiger partial charge in [0.2, 0.25) is 0 Å². The van der Waals surface area contributed by atoms with Crippen LogP contribution in [-0.4, -0.2) is 38.1 Å². The number of ether oxygens (including phenoxy) is 2. The molecule has 1 fully saturated rings. The van der Waals surface area contributed by atoms with Crippen molar-refractivity contribution in [2.24, 2.45) is 11.3 Å². The van der Waals surface area contributed by atoms with Gasteiger partial charge in [0.05, 0.1) is 36.9 Å². The van der Waals surface area contributed by atoms with Crippen molar-refractivity contribution in [3.05, 3.63) is 23.2 Å². The van der Waals surface area contributed by atoms with Gasteiger partial charge in [-0.2, -0.15) is 0 Å². The molecule has 4 nitrogen and oxygen atoms in total. The summed E-state index contributed by atoms with van der Waals surface area (Å²) in [7, 11) is 0. The van der Waals surface area contributed by atoms with E-state index < -0.39 is 0 Å². The van der Waals surface area contributed by atoms with E-state index >= 15 is 0 Å². The Bertz CT molecular complexity index is 441. The van der Waals surface area contributed by atoms with E-state index in [1.165, 1.54) is 0 Å². The molecule has 1 aromatic rings. The molecular formula is C15H22ClNO3. The number of hydrogen-bond donors (Lipinski definition) is 2. The third-order valence-corrected chi connectivity index (χ3v) is 3.62. The fourth-order valence-corrected chi connectivity index (χ4v) is 2.15. The SMILES string of the molecule is CC(C)COc1ccc(NCC2(CO)COC2)cc1Cl. The number of nitrogens with one attached hydrogen (secondary N) is 1. The van der Waals surface area contributed by atoms with Crippen LogP contribution in [0.15, 0.2) is 18.2 Å². The molecule has 0 radical (unpaired) electrons. The topological polar surface area (TPSA) is 50.7 Å². The third-order valence-electron chi connectivity index (χ3n) is 3.32. The standard InChI is InChI=1S/C15H22ClNO3/c1-11(2)6-20-14-4-3-12(5-13(14)16)17-7-15(8-18)9-19-10-15/h3-5,11,17-18H,6-10H2,1-2H3. The summed E-state index contributed by atoms with van der Waals surface area (Å²) in [6.45, 7) is 6.84. The van der Waals surface area contributed by atoms with E-state index in [1.54, 1.807) is 0 Å². The fraction of sp³-hybridized carbons (Fsp3) is 0.600. The Morgan fingerprint density at radius 1 is 1.45 bits per heavy atom. The maximum absolute atomic E-state index is 9.37. The van der Waals surface area contributed by atoms with Crippen LogP contribution in [-0.2, 0) is 4.74 Å². The van der Waals surface area contributed by atoms with E-state index in [2.05, 4.69) is 19.2 Å². The molecule has 1 aliphatic rings. The third kappa shape index (κ3) is 3.78. The van der Waals surface area contributed by atoms with Crippen molar-refractivity contribution in [2.75, 3.05) is 38.3 Å². The summed E-state index contributed by atoms with van der Waals surface area (Å²) in [6.07, 6.45) is 0. The zero-order valence-corrected chi connectivity index (χ0v) is 12.7. The molecule has 0 amide bonds. The number of anilines is 1. The van der Waals surface area contributed by atoms with E-state index in [-0.39, 0.29) is 12.0 Å². The first-order valence-electron chi connectivity index (χ1n) is 6.89. The molecule has 0 saturated carbocycles. The second kappa shape index (κ2) is 6.66. The highest BCUT2D eigenvalue weighted by molar-refractivity contribution is 6.32. The lowest BCUT2D eigenvalue weighted by molar-refractivity contribution is -0.128. The van der Waals surface area contributed by atoms with Gasteiger partial charge in [0, 0.05) is 12.2 Å². The zero-order valence-electron chi connectivity index (χ0n) is 12.0. The molecule has 2 rings (SSSR count). The highest BCUT2D eigenvalue weighted by Gasteiger charge is 2.37. The second-order valence-electron chi connectivity index (χ2n) is 5.85. The van der Waals surface area contributed by atoms with Crippen molar-refractivity contribution in [3.8, 4) is 5.75 Å². The summed E-state index contributed by atoms with van der Waals surface area (Å²) in [6, 6.07) is 5.66. The summed E-state index contributed by atoms with van der Waals surface area (Å²) < 4.78 is 10.8. The van der Waals surface area contributed by atoms with E-state index in [4.69, 9.17) is 21.1 Å². The van der Waals surface area contributed by atoms with Gasteiger partial charge in [-0.3, -0.25) is 0 Å². The van der Waals surface area contributed by atoms with Gasteiger partial charge in [-0.1, -0.05) is 25.4 Å². The number of hydrogen-bond acceptors (Lipinski definition) is 4. The van der Waals surface area contributed by atoms with Crippen LogP contribution in [0.1, 0.15) is 13.8 Å². The molecule has 0 spiro atoms. The van der Waals surface area contributed by atoms with Crippen LogP contribution in [0.3, 0.4) is 0 Å². The molecule has 0 aliphatic carbocycles. The minimum Gasteiger partial charge on any atom is -0.492 e. The van der Waals surface area contributed by atoms with Gasteiger partial charge in [0.25, 0.3) is 0 Å². The first-order valence-corrected chi connectivity index (χ1v) is 7.27. The number of benzene rings is 1. The molecular weight excluding hydrogens is 278 g/mol. The van der Waals surface area contributed by atoms with Crippen LogP contribution < -0.4 is 10.1 Å². The predicted octanol–water partition coefficient (Wildman–Crippen LogP) is 2.80. The quantitative estimate of drug-likeness (QED) is 0.813. The lowest BCUT2D eigenvalue weighted by atomic mass is 9.87. The van der Waals surface area contributed by atoms with E-state index in [0.29, 0.717) is 43.1 Å². The van der Waals surface area contributed by atoms with Crippen molar-refractivity contribution in [2.45, 2.75) is 13.8 Å². The molecule has 20 heavy (non-hydrogen) atoms. The second-order valence-corrected chi connectivity index (χ2v) is 6.26. The average Bonchev–Trinajstić information content (AvgIpc) is 2.37. The van der Waals surface area contributed by atoms with Crippen molar-refractivity contribution < 1.29 is 14.6 Å². The lowest BCUT2D eigenvalue weighted by Gasteiger charge is -2.40. The van der Waals surface area contributed by atoms with Crippen molar-refractivity contribution in [1.29, 1.82) is 0 Å². The van der Waals surface area contributed by atoms with Crippen LogP contribution >= 0.6 is 11.6 Å². The summed E-state index contributed by atoms with van der Waals surface area (Å²) in [4.78, 5) is 0. The number of aliphatic hydroxyl groups excluding tert-OH is 1. The molecule has 0 atom stereocenters. The van der Waals surface area contributed by atoms with Crippen molar-refractivity contribution in [1.82, 2.24) is 0 Å². The molecule has 1 aliphatic heterocycles. The van der Waals surface area contributed by atoms with Crippen LogP contribution in [0.25, 0.3) is 0 Å². The Balaban J connectivity index is 1.91. The van der Waals surface area contributed by atoms with Crippen molar-refractivity contribution in [3.63, 3.8) is 0 Å². The Morgan fingerprint density at radius 2 is 2.20 bits per heavy atom. The lowest BCUT2D eigenvalue weighted by Crippen LogP contribution is -2.50. The monoisotopic (exact) mass is 299 g/mol. The van der Waals surface area contributed by atoms with Gasteiger partial charge in [0.1, 0.15) is 5.75 Å². The summed E-state index contributed by atoms with van der Waals surface area (Å²) in [5, 5.41) is 13.3.